The molecular formula is C10H19NO3. The quantitative estimate of drug-likeness (QED) is 0.684. The number of carbonyl (C=O) groups excluding carboxylic acids is 1. The zero-order valence-corrected chi connectivity index (χ0v) is 8.70. The molecule has 0 spiro atoms. The lowest BCUT2D eigenvalue weighted by Gasteiger charge is -2.25. The summed E-state index contributed by atoms with van der Waals surface area (Å²) in [6, 6.07) is 0.317. The fourth-order valence-electron chi connectivity index (χ4n) is 1.64. The summed E-state index contributed by atoms with van der Waals surface area (Å²) in [6.07, 6.45) is 4.10. The SMILES string of the molecule is CCOC(=O)COC1CCC(N)CC1. The second-order valence-corrected chi connectivity index (χ2v) is 3.65. The molecule has 1 aliphatic carbocycles. The molecule has 1 saturated carbocycles. The average molecular weight is 201 g/mol. The summed E-state index contributed by atoms with van der Waals surface area (Å²) in [4.78, 5) is 11.0. The fourth-order valence-corrected chi connectivity index (χ4v) is 1.64. The normalized spacial score (nSPS) is 27.3. The van der Waals surface area contributed by atoms with Crippen molar-refractivity contribution < 1.29 is 14.3 Å². The molecule has 0 saturated heterocycles. The van der Waals surface area contributed by atoms with Gasteiger partial charge in [0.2, 0.25) is 0 Å². The molecule has 0 bridgehead atoms. The van der Waals surface area contributed by atoms with E-state index in [1.54, 1.807) is 6.92 Å². The van der Waals surface area contributed by atoms with E-state index < -0.39 is 0 Å². The predicted octanol–water partition coefficient (Wildman–Crippen LogP) is 0.836. The van der Waals surface area contributed by atoms with Gasteiger partial charge >= 0.3 is 5.97 Å². The van der Waals surface area contributed by atoms with Crippen LogP contribution >= 0.6 is 0 Å². The van der Waals surface area contributed by atoms with Crippen molar-refractivity contribution in [2.75, 3.05) is 13.2 Å². The number of ether oxygens (including phenoxy) is 2. The van der Waals surface area contributed by atoms with Crippen LogP contribution in [0.5, 0.6) is 0 Å². The third-order valence-corrected chi connectivity index (χ3v) is 2.46. The van der Waals surface area contributed by atoms with E-state index in [4.69, 9.17) is 15.2 Å². The Morgan fingerprint density at radius 1 is 1.36 bits per heavy atom. The maximum atomic E-state index is 11.0. The zero-order chi connectivity index (χ0) is 10.4. The van der Waals surface area contributed by atoms with Crippen LogP contribution in [0.2, 0.25) is 0 Å². The van der Waals surface area contributed by atoms with Crippen molar-refractivity contribution in [3.8, 4) is 0 Å². The molecule has 1 aliphatic rings. The van der Waals surface area contributed by atoms with E-state index in [0.29, 0.717) is 12.6 Å². The Hall–Kier alpha value is -0.610. The summed E-state index contributed by atoms with van der Waals surface area (Å²) in [7, 11) is 0. The molecule has 0 aliphatic heterocycles. The van der Waals surface area contributed by atoms with Gasteiger partial charge in [-0.15, -0.1) is 0 Å². The summed E-state index contributed by atoms with van der Waals surface area (Å²) in [5.41, 5.74) is 5.75. The number of hydrogen-bond donors (Lipinski definition) is 1. The fraction of sp³-hybridized carbons (Fsp3) is 0.900. The van der Waals surface area contributed by atoms with Gasteiger partial charge in [0.1, 0.15) is 6.61 Å². The van der Waals surface area contributed by atoms with Gasteiger partial charge in [0, 0.05) is 6.04 Å². The Morgan fingerprint density at radius 3 is 2.57 bits per heavy atom. The summed E-state index contributed by atoms with van der Waals surface area (Å²) < 4.78 is 10.2. The third kappa shape index (κ3) is 4.07. The minimum atomic E-state index is -0.276. The van der Waals surface area contributed by atoms with Gasteiger partial charge in [-0.3, -0.25) is 0 Å². The molecule has 0 aromatic carbocycles. The number of hydrogen-bond acceptors (Lipinski definition) is 4. The lowest BCUT2D eigenvalue weighted by Crippen LogP contribution is -2.31. The van der Waals surface area contributed by atoms with Crippen LogP contribution in [-0.2, 0) is 14.3 Å². The van der Waals surface area contributed by atoms with Gasteiger partial charge < -0.3 is 15.2 Å². The molecule has 0 radical (unpaired) electrons. The van der Waals surface area contributed by atoms with E-state index in [-0.39, 0.29) is 18.7 Å². The van der Waals surface area contributed by atoms with E-state index in [1.165, 1.54) is 0 Å². The standard InChI is InChI=1S/C10H19NO3/c1-2-13-10(12)7-14-9-5-3-8(11)4-6-9/h8-9H,2-7,11H2,1H3. The Balaban J connectivity index is 2.09. The van der Waals surface area contributed by atoms with Gasteiger partial charge in [-0.2, -0.15) is 0 Å². The van der Waals surface area contributed by atoms with Gasteiger partial charge in [0.25, 0.3) is 0 Å². The van der Waals surface area contributed by atoms with Crippen LogP contribution in [0.1, 0.15) is 32.6 Å². The second-order valence-electron chi connectivity index (χ2n) is 3.65. The first-order chi connectivity index (χ1) is 6.72. The van der Waals surface area contributed by atoms with Crippen LogP contribution in [0.25, 0.3) is 0 Å². The highest BCUT2D eigenvalue weighted by atomic mass is 16.6. The van der Waals surface area contributed by atoms with Crippen LogP contribution in [0.4, 0.5) is 0 Å². The highest BCUT2D eigenvalue weighted by Crippen LogP contribution is 2.19. The van der Waals surface area contributed by atoms with Gasteiger partial charge in [0.15, 0.2) is 0 Å². The van der Waals surface area contributed by atoms with Crippen LogP contribution in [0, 0.1) is 0 Å². The lowest BCUT2D eigenvalue weighted by molar-refractivity contribution is -0.151. The highest BCUT2D eigenvalue weighted by molar-refractivity contribution is 5.70. The molecule has 0 aromatic heterocycles. The number of esters is 1. The van der Waals surface area contributed by atoms with E-state index in [0.717, 1.165) is 25.7 Å². The molecule has 0 unspecified atom stereocenters. The van der Waals surface area contributed by atoms with E-state index in [1.807, 2.05) is 0 Å². The molecule has 82 valence electrons. The molecule has 0 atom stereocenters. The summed E-state index contributed by atoms with van der Waals surface area (Å²) in [6.45, 7) is 2.28. The van der Waals surface area contributed by atoms with Gasteiger partial charge in [-0.25, -0.2) is 4.79 Å². The number of nitrogens with two attached hydrogens (primary N) is 1. The van der Waals surface area contributed by atoms with Crippen LogP contribution in [0.3, 0.4) is 0 Å². The van der Waals surface area contributed by atoms with Crippen LogP contribution < -0.4 is 5.73 Å². The van der Waals surface area contributed by atoms with Gasteiger partial charge in [-0.1, -0.05) is 0 Å². The first-order valence-corrected chi connectivity index (χ1v) is 5.25. The Labute approximate surface area is 84.7 Å². The molecule has 0 heterocycles. The Kier molecular flexibility index (Phi) is 4.90. The summed E-state index contributed by atoms with van der Waals surface area (Å²) in [5.74, 6) is -0.276. The molecule has 0 amide bonds. The third-order valence-electron chi connectivity index (χ3n) is 2.46. The van der Waals surface area contributed by atoms with E-state index in [2.05, 4.69) is 0 Å². The first-order valence-electron chi connectivity index (χ1n) is 5.25. The van der Waals surface area contributed by atoms with Crippen molar-refractivity contribution in [1.29, 1.82) is 0 Å². The maximum Gasteiger partial charge on any atom is 0.332 e. The molecule has 1 rings (SSSR count). The molecule has 14 heavy (non-hydrogen) atoms. The van der Waals surface area contributed by atoms with Crippen molar-refractivity contribution >= 4 is 5.97 Å². The molecule has 0 aromatic rings. The monoisotopic (exact) mass is 201 g/mol. The van der Waals surface area contributed by atoms with Crippen LogP contribution in [0.15, 0.2) is 0 Å². The molecule has 4 heteroatoms. The second kappa shape index (κ2) is 5.98. The van der Waals surface area contributed by atoms with E-state index in [9.17, 15) is 4.79 Å². The largest absolute Gasteiger partial charge is 0.464 e. The highest BCUT2D eigenvalue weighted by Gasteiger charge is 2.19. The Bertz CT molecular complexity index is 176. The summed E-state index contributed by atoms with van der Waals surface area (Å²) >= 11 is 0. The topological polar surface area (TPSA) is 61.5 Å². The minimum Gasteiger partial charge on any atom is -0.464 e. The number of carbonyl (C=O) groups is 1. The van der Waals surface area contributed by atoms with Crippen molar-refractivity contribution in [2.24, 2.45) is 5.73 Å². The number of rotatable bonds is 4. The van der Waals surface area contributed by atoms with Crippen molar-refractivity contribution in [2.45, 2.75) is 44.8 Å². The minimum absolute atomic E-state index is 0.0771. The summed E-state index contributed by atoms with van der Waals surface area (Å²) in [5, 5.41) is 0. The van der Waals surface area contributed by atoms with Gasteiger partial charge in [0.05, 0.1) is 12.7 Å². The molecule has 1 fully saturated rings. The van der Waals surface area contributed by atoms with Crippen molar-refractivity contribution in [3.05, 3.63) is 0 Å². The van der Waals surface area contributed by atoms with E-state index >= 15 is 0 Å². The van der Waals surface area contributed by atoms with Crippen molar-refractivity contribution in [1.82, 2.24) is 0 Å². The molecule has 4 nitrogen and oxygen atoms in total. The van der Waals surface area contributed by atoms with Crippen LogP contribution in [-0.4, -0.2) is 31.3 Å². The average Bonchev–Trinajstić information content (AvgIpc) is 2.17. The molecule has 2 N–H and O–H groups in total. The Morgan fingerprint density at radius 2 is 2.00 bits per heavy atom. The molecular weight excluding hydrogens is 182 g/mol. The van der Waals surface area contributed by atoms with Gasteiger partial charge in [-0.05, 0) is 32.6 Å². The zero-order valence-electron chi connectivity index (χ0n) is 8.70. The maximum absolute atomic E-state index is 11.0. The first kappa shape index (κ1) is 11.5. The lowest BCUT2D eigenvalue weighted by atomic mass is 9.94. The smallest absolute Gasteiger partial charge is 0.332 e. The van der Waals surface area contributed by atoms with Crippen molar-refractivity contribution in [3.63, 3.8) is 0 Å². The predicted molar refractivity (Wildman–Crippen MR) is 52.8 cm³/mol.